The fourth-order valence-corrected chi connectivity index (χ4v) is 3.85. The number of nitrogens with one attached hydrogen (secondary N) is 2. The maximum atomic E-state index is 12.8. The molecule has 0 saturated heterocycles. The molecule has 0 amide bonds. The molecule has 1 heterocycles. The summed E-state index contributed by atoms with van der Waals surface area (Å²) in [6, 6.07) is 11.0. The number of Topliss-reactive ketones (excluding diaryl/α,β-unsaturated/α-hetero) is 2. The Hall–Kier alpha value is -2.51. The summed E-state index contributed by atoms with van der Waals surface area (Å²) < 4.78 is 0.693. The van der Waals surface area contributed by atoms with Gasteiger partial charge in [0.05, 0.1) is 17.3 Å². The molecule has 0 saturated carbocycles. The Morgan fingerprint density at radius 1 is 1.04 bits per heavy atom. The van der Waals surface area contributed by atoms with Gasteiger partial charge in [-0.3, -0.25) is 9.59 Å². The van der Waals surface area contributed by atoms with E-state index < -0.39 is 17.6 Å². The van der Waals surface area contributed by atoms with Crippen molar-refractivity contribution in [2.24, 2.45) is 0 Å². The summed E-state index contributed by atoms with van der Waals surface area (Å²) in [6.45, 7) is 0. The van der Waals surface area contributed by atoms with E-state index in [-0.39, 0.29) is 5.75 Å². The Kier molecular flexibility index (Phi) is 3.70. The zero-order valence-electron chi connectivity index (χ0n) is 12.7. The minimum Gasteiger partial charge on any atom is -0.508 e. The van der Waals surface area contributed by atoms with Gasteiger partial charge in [0.25, 0.3) is 0 Å². The van der Waals surface area contributed by atoms with Crippen LogP contribution in [0.5, 0.6) is 5.75 Å². The molecule has 1 aliphatic heterocycles. The van der Waals surface area contributed by atoms with Gasteiger partial charge in [0.15, 0.2) is 5.11 Å². The molecule has 1 unspecified atom stereocenters. The number of fused-ring (bicyclic) bond motifs is 2. The summed E-state index contributed by atoms with van der Waals surface area (Å²) in [5.41, 5.74) is 2.45. The van der Waals surface area contributed by atoms with Crippen molar-refractivity contribution < 1.29 is 14.7 Å². The highest BCUT2D eigenvalue weighted by Gasteiger charge is 2.40. The van der Waals surface area contributed by atoms with Gasteiger partial charge in [0.2, 0.25) is 11.6 Å². The number of thiocarbonyl (C=S) groups is 1. The highest BCUT2D eigenvalue weighted by Crippen LogP contribution is 2.39. The molecule has 0 radical (unpaired) electrons. The summed E-state index contributed by atoms with van der Waals surface area (Å²) in [7, 11) is 0. The molecule has 0 bridgehead atoms. The van der Waals surface area contributed by atoms with Gasteiger partial charge in [-0.1, -0.05) is 40.2 Å². The number of rotatable bonds is 1. The fourth-order valence-electron chi connectivity index (χ4n) is 3.15. The highest BCUT2D eigenvalue weighted by atomic mass is 79.9. The molecule has 7 heteroatoms. The van der Waals surface area contributed by atoms with Gasteiger partial charge in [-0.05, 0) is 36.0 Å². The van der Waals surface area contributed by atoms with Gasteiger partial charge in [-0.15, -0.1) is 0 Å². The van der Waals surface area contributed by atoms with E-state index in [2.05, 4.69) is 26.6 Å². The van der Waals surface area contributed by atoms with Gasteiger partial charge in [-0.25, -0.2) is 0 Å². The lowest BCUT2D eigenvalue weighted by atomic mass is 9.81. The van der Waals surface area contributed by atoms with Crippen LogP contribution in [0, 0.1) is 0 Å². The Morgan fingerprint density at radius 3 is 2.52 bits per heavy atom. The van der Waals surface area contributed by atoms with Gasteiger partial charge in [0.1, 0.15) is 5.75 Å². The predicted molar refractivity (Wildman–Crippen MR) is 100 cm³/mol. The molecule has 2 aromatic carbocycles. The lowest BCUT2D eigenvalue weighted by molar-refractivity contribution is -0.112. The van der Waals surface area contributed by atoms with E-state index in [1.54, 1.807) is 36.4 Å². The van der Waals surface area contributed by atoms with E-state index in [0.29, 0.717) is 37.5 Å². The Bertz CT molecular complexity index is 1000. The summed E-state index contributed by atoms with van der Waals surface area (Å²) >= 11 is 8.73. The molecule has 25 heavy (non-hydrogen) atoms. The zero-order valence-corrected chi connectivity index (χ0v) is 15.1. The van der Waals surface area contributed by atoms with Crippen molar-refractivity contribution in [3.05, 3.63) is 69.2 Å². The summed E-state index contributed by atoms with van der Waals surface area (Å²) in [4.78, 5) is 25.3. The summed E-state index contributed by atoms with van der Waals surface area (Å²) in [5.74, 6) is -1.08. The molecule has 124 valence electrons. The van der Waals surface area contributed by atoms with Crippen molar-refractivity contribution >= 4 is 50.5 Å². The largest absolute Gasteiger partial charge is 0.508 e. The molecule has 3 N–H and O–H groups in total. The monoisotopic (exact) mass is 414 g/mol. The third kappa shape index (κ3) is 2.47. The van der Waals surface area contributed by atoms with Gasteiger partial charge in [0, 0.05) is 15.6 Å². The zero-order chi connectivity index (χ0) is 17.7. The lowest BCUT2D eigenvalue weighted by Gasteiger charge is -2.34. The van der Waals surface area contributed by atoms with Crippen LogP contribution in [-0.4, -0.2) is 21.8 Å². The number of carbonyl (C=O) groups is 2. The second-order valence-corrected chi connectivity index (χ2v) is 6.99. The number of phenolic OH excluding ortho intramolecular Hbond substituents is 1. The molecule has 0 spiro atoms. The molecule has 0 aromatic heterocycles. The van der Waals surface area contributed by atoms with Crippen LogP contribution >= 0.6 is 28.1 Å². The minimum atomic E-state index is -0.643. The number of carbonyl (C=O) groups excluding carboxylic acids is 2. The van der Waals surface area contributed by atoms with Crippen LogP contribution in [0.2, 0.25) is 0 Å². The van der Waals surface area contributed by atoms with Crippen LogP contribution in [0.4, 0.5) is 0 Å². The first-order valence-electron chi connectivity index (χ1n) is 7.46. The van der Waals surface area contributed by atoms with E-state index in [1.165, 1.54) is 6.07 Å². The van der Waals surface area contributed by atoms with Crippen LogP contribution < -0.4 is 10.6 Å². The van der Waals surface area contributed by atoms with E-state index in [0.717, 1.165) is 0 Å². The number of benzene rings is 2. The Morgan fingerprint density at radius 2 is 1.76 bits per heavy atom. The quantitative estimate of drug-likeness (QED) is 0.491. The molecular weight excluding hydrogens is 404 g/mol. The molecule has 1 aliphatic carbocycles. The summed E-state index contributed by atoms with van der Waals surface area (Å²) in [5, 5.41) is 16.2. The van der Waals surface area contributed by atoms with Crippen molar-refractivity contribution in [3.63, 3.8) is 0 Å². The maximum absolute atomic E-state index is 12.8. The molecule has 4 rings (SSSR count). The first-order chi connectivity index (χ1) is 12.0. The number of hydrogen-bond donors (Lipinski definition) is 3. The summed E-state index contributed by atoms with van der Waals surface area (Å²) in [6.07, 6.45) is 0. The average Bonchev–Trinajstić information content (AvgIpc) is 2.61. The van der Waals surface area contributed by atoms with Crippen LogP contribution in [0.1, 0.15) is 27.5 Å². The first-order valence-corrected chi connectivity index (χ1v) is 8.66. The van der Waals surface area contributed by atoms with Crippen molar-refractivity contribution in [2.75, 3.05) is 0 Å². The van der Waals surface area contributed by atoms with Gasteiger partial charge >= 0.3 is 0 Å². The SMILES string of the molecule is O=C1C(=O)c2ccccc2C2=C1C(c1cc(O)ccc1Br)NC(=S)N2. The van der Waals surface area contributed by atoms with E-state index >= 15 is 0 Å². The van der Waals surface area contributed by atoms with Crippen molar-refractivity contribution in [2.45, 2.75) is 6.04 Å². The minimum absolute atomic E-state index is 0.0570. The number of phenols is 1. The van der Waals surface area contributed by atoms with Gasteiger partial charge in [-0.2, -0.15) is 0 Å². The van der Waals surface area contributed by atoms with Crippen LogP contribution in [0.25, 0.3) is 5.70 Å². The fraction of sp³-hybridized carbons (Fsp3) is 0.0556. The molecule has 2 aromatic rings. The van der Waals surface area contributed by atoms with E-state index in [9.17, 15) is 14.7 Å². The number of aromatic hydroxyl groups is 1. The standard InChI is InChI=1S/C18H11BrN2O3S/c19-12-6-5-8(22)7-11(12)15-13-14(20-18(25)21-15)9-3-1-2-4-10(9)16(23)17(13)24/h1-7,15,22H,(H2,20,21,25). The number of halogens is 1. The molecule has 1 atom stereocenters. The van der Waals surface area contributed by atoms with Crippen molar-refractivity contribution in [1.82, 2.24) is 10.6 Å². The number of hydrogen-bond acceptors (Lipinski definition) is 4. The highest BCUT2D eigenvalue weighted by molar-refractivity contribution is 9.10. The lowest BCUT2D eigenvalue weighted by Crippen LogP contribution is -2.47. The Labute approximate surface area is 156 Å². The number of ketones is 2. The third-order valence-corrected chi connectivity index (χ3v) is 5.20. The second kappa shape index (κ2) is 5.79. The van der Waals surface area contributed by atoms with Crippen LogP contribution in [-0.2, 0) is 4.79 Å². The first kappa shape index (κ1) is 16.0. The van der Waals surface area contributed by atoms with Gasteiger partial charge < -0.3 is 15.7 Å². The van der Waals surface area contributed by atoms with Crippen LogP contribution in [0.15, 0.2) is 52.5 Å². The topological polar surface area (TPSA) is 78.4 Å². The molecule has 0 fully saturated rings. The molecular formula is C18H11BrN2O3S. The predicted octanol–water partition coefficient (Wildman–Crippen LogP) is 2.85. The third-order valence-electron chi connectivity index (χ3n) is 4.25. The van der Waals surface area contributed by atoms with E-state index in [4.69, 9.17) is 12.2 Å². The van der Waals surface area contributed by atoms with Crippen molar-refractivity contribution in [3.8, 4) is 5.75 Å². The van der Waals surface area contributed by atoms with Crippen molar-refractivity contribution in [1.29, 1.82) is 0 Å². The van der Waals surface area contributed by atoms with Crippen LogP contribution in [0.3, 0.4) is 0 Å². The molecule has 2 aliphatic rings. The van der Waals surface area contributed by atoms with E-state index in [1.807, 2.05) is 0 Å². The normalized spacial score (nSPS) is 19.1. The Balaban J connectivity index is 1.99. The second-order valence-electron chi connectivity index (χ2n) is 5.73. The molecule has 5 nitrogen and oxygen atoms in total. The average molecular weight is 415 g/mol. The smallest absolute Gasteiger partial charge is 0.234 e. The maximum Gasteiger partial charge on any atom is 0.234 e.